The molecule has 27 heavy (non-hydrogen) atoms. The van der Waals surface area contributed by atoms with Crippen molar-refractivity contribution >= 4 is 18.1 Å². The summed E-state index contributed by atoms with van der Waals surface area (Å²) >= 11 is 0. The van der Waals surface area contributed by atoms with Gasteiger partial charge in [0.1, 0.15) is 11.5 Å². The van der Waals surface area contributed by atoms with E-state index in [0.717, 1.165) is 11.1 Å². The normalized spacial score (nSPS) is 10.8. The highest BCUT2D eigenvalue weighted by atomic mass is 16.4. The SMILES string of the molecule is O=C(CCc1ccccc1)N/N=C\c1ccc(-c2ccc(C(=O)O)cc2)o1. The Morgan fingerprint density at radius 2 is 1.74 bits per heavy atom. The Morgan fingerprint density at radius 3 is 2.44 bits per heavy atom. The van der Waals surface area contributed by atoms with Crippen molar-refractivity contribution in [2.24, 2.45) is 5.10 Å². The number of aromatic carboxylic acids is 1. The van der Waals surface area contributed by atoms with Crippen LogP contribution in [0.1, 0.15) is 28.1 Å². The predicted molar refractivity (Wildman–Crippen MR) is 102 cm³/mol. The van der Waals surface area contributed by atoms with Gasteiger partial charge >= 0.3 is 5.97 Å². The molecule has 0 unspecified atom stereocenters. The third-order valence-corrected chi connectivity index (χ3v) is 3.91. The first-order chi connectivity index (χ1) is 13.1. The molecule has 0 aliphatic heterocycles. The van der Waals surface area contributed by atoms with Gasteiger partial charge in [-0.1, -0.05) is 42.5 Å². The summed E-state index contributed by atoms with van der Waals surface area (Å²) in [5.74, 6) is -0.0811. The number of hydrogen-bond donors (Lipinski definition) is 2. The van der Waals surface area contributed by atoms with Crippen LogP contribution in [0.2, 0.25) is 0 Å². The Hall–Kier alpha value is -3.67. The minimum absolute atomic E-state index is 0.175. The van der Waals surface area contributed by atoms with Crippen molar-refractivity contribution in [3.05, 3.63) is 83.6 Å². The molecule has 0 bridgehead atoms. The van der Waals surface area contributed by atoms with Crippen molar-refractivity contribution in [2.75, 3.05) is 0 Å². The molecule has 0 radical (unpaired) electrons. The quantitative estimate of drug-likeness (QED) is 0.495. The van der Waals surface area contributed by atoms with E-state index in [-0.39, 0.29) is 11.5 Å². The number of carbonyl (C=O) groups excluding carboxylic acids is 1. The van der Waals surface area contributed by atoms with Crippen molar-refractivity contribution in [2.45, 2.75) is 12.8 Å². The summed E-state index contributed by atoms with van der Waals surface area (Å²) in [4.78, 5) is 22.7. The van der Waals surface area contributed by atoms with Gasteiger partial charge in [-0.25, -0.2) is 10.2 Å². The van der Waals surface area contributed by atoms with Crippen molar-refractivity contribution in [3.63, 3.8) is 0 Å². The highest BCUT2D eigenvalue weighted by Crippen LogP contribution is 2.22. The van der Waals surface area contributed by atoms with Crippen LogP contribution in [-0.2, 0) is 11.2 Å². The summed E-state index contributed by atoms with van der Waals surface area (Å²) in [5, 5.41) is 12.8. The smallest absolute Gasteiger partial charge is 0.335 e. The first-order valence-corrected chi connectivity index (χ1v) is 8.41. The average molecular weight is 362 g/mol. The fourth-order valence-electron chi connectivity index (χ4n) is 2.48. The maximum absolute atomic E-state index is 11.8. The Balaban J connectivity index is 1.52. The van der Waals surface area contributed by atoms with E-state index in [1.54, 1.807) is 24.3 Å². The summed E-state index contributed by atoms with van der Waals surface area (Å²) in [7, 11) is 0. The maximum atomic E-state index is 11.8. The Bertz CT molecular complexity index is 944. The number of furan rings is 1. The summed E-state index contributed by atoms with van der Waals surface area (Å²) in [6.07, 6.45) is 2.43. The monoisotopic (exact) mass is 362 g/mol. The second-order valence-corrected chi connectivity index (χ2v) is 5.86. The lowest BCUT2D eigenvalue weighted by Crippen LogP contribution is -2.17. The molecule has 1 aromatic heterocycles. The zero-order chi connectivity index (χ0) is 19.1. The Kier molecular flexibility index (Phi) is 5.79. The molecule has 1 heterocycles. The number of nitrogens with one attached hydrogen (secondary N) is 1. The molecule has 2 N–H and O–H groups in total. The number of carboxylic acids is 1. The topological polar surface area (TPSA) is 91.9 Å². The van der Waals surface area contributed by atoms with Crippen LogP contribution < -0.4 is 5.43 Å². The molecule has 0 spiro atoms. The molecule has 136 valence electrons. The van der Waals surface area contributed by atoms with Gasteiger partial charge in [-0.2, -0.15) is 5.10 Å². The number of amides is 1. The van der Waals surface area contributed by atoms with Gasteiger partial charge in [-0.15, -0.1) is 0 Å². The van der Waals surface area contributed by atoms with Gasteiger partial charge in [0, 0.05) is 12.0 Å². The molecule has 3 aromatic rings. The molecule has 6 nitrogen and oxygen atoms in total. The van der Waals surface area contributed by atoms with E-state index in [9.17, 15) is 9.59 Å². The standard InChI is InChI=1S/C21H18N2O4/c24-20(13-6-15-4-2-1-3-5-15)23-22-14-18-11-12-19(27-18)16-7-9-17(10-8-16)21(25)26/h1-5,7-12,14H,6,13H2,(H,23,24)(H,25,26)/b22-14-. The number of carboxylic acid groups (broad SMARTS) is 1. The highest BCUT2D eigenvalue weighted by Gasteiger charge is 2.06. The molecule has 0 saturated carbocycles. The number of hydrogen-bond acceptors (Lipinski definition) is 4. The molecular formula is C21H18N2O4. The lowest BCUT2D eigenvalue weighted by Gasteiger charge is -2.00. The van der Waals surface area contributed by atoms with Gasteiger partial charge in [-0.05, 0) is 36.2 Å². The third kappa shape index (κ3) is 5.15. The van der Waals surface area contributed by atoms with Gasteiger partial charge in [-0.3, -0.25) is 4.79 Å². The van der Waals surface area contributed by atoms with E-state index in [0.29, 0.717) is 24.4 Å². The van der Waals surface area contributed by atoms with E-state index < -0.39 is 5.97 Å². The highest BCUT2D eigenvalue weighted by molar-refractivity contribution is 5.88. The molecule has 0 atom stereocenters. The van der Waals surface area contributed by atoms with E-state index in [1.807, 2.05) is 30.3 Å². The minimum Gasteiger partial charge on any atom is -0.478 e. The van der Waals surface area contributed by atoms with Crippen LogP contribution in [0.3, 0.4) is 0 Å². The second kappa shape index (κ2) is 8.62. The second-order valence-electron chi connectivity index (χ2n) is 5.86. The van der Waals surface area contributed by atoms with E-state index in [2.05, 4.69) is 10.5 Å². The molecule has 0 saturated heterocycles. The molecule has 1 amide bonds. The molecule has 6 heteroatoms. The Morgan fingerprint density at radius 1 is 1.00 bits per heavy atom. The van der Waals surface area contributed by atoms with Crippen LogP contribution in [-0.4, -0.2) is 23.2 Å². The fraction of sp³-hybridized carbons (Fsp3) is 0.0952. The molecule has 3 rings (SSSR count). The summed E-state index contributed by atoms with van der Waals surface area (Å²) in [6.45, 7) is 0. The predicted octanol–water partition coefficient (Wildman–Crippen LogP) is 3.73. The van der Waals surface area contributed by atoms with Crippen molar-refractivity contribution < 1.29 is 19.1 Å². The number of benzene rings is 2. The molecule has 0 aliphatic rings. The molecule has 2 aromatic carbocycles. The number of rotatable bonds is 7. The van der Waals surface area contributed by atoms with E-state index in [1.165, 1.54) is 18.3 Å². The van der Waals surface area contributed by atoms with Gasteiger partial charge in [0.15, 0.2) is 0 Å². The minimum atomic E-state index is -0.975. The lowest BCUT2D eigenvalue weighted by atomic mass is 10.1. The van der Waals surface area contributed by atoms with Crippen LogP contribution in [0.5, 0.6) is 0 Å². The maximum Gasteiger partial charge on any atom is 0.335 e. The lowest BCUT2D eigenvalue weighted by molar-refractivity contribution is -0.121. The number of carbonyl (C=O) groups is 2. The molecular weight excluding hydrogens is 344 g/mol. The van der Waals surface area contributed by atoms with Gasteiger partial charge in [0.2, 0.25) is 5.91 Å². The van der Waals surface area contributed by atoms with Crippen LogP contribution >= 0.6 is 0 Å². The zero-order valence-electron chi connectivity index (χ0n) is 14.5. The molecule has 0 aliphatic carbocycles. The largest absolute Gasteiger partial charge is 0.478 e. The van der Waals surface area contributed by atoms with Gasteiger partial charge < -0.3 is 9.52 Å². The van der Waals surface area contributed by atoms with Gasteiger partial charge in [0.05, 0.1) is 11.8 Å². The van der Waals surface area contributed by atoms with Crippen LogP contribution in [0.25, 0.3) is 11.3 Å². The summed E-state index contributed by atoms with van der Waals surface area (Å²) in [6, 6.07) is 19.6. The third-order valence-electron chi connectivity index (χ3n) is 3.91. The van der Waals surface area contributed by atoms with Crippen molar-refractivity contribution in [1.82, 2.24) is 5.43 Å². The zero-order valence-corrected chi connectivity index (χ0v) is 14.5. The number of aryl methyl sites for hydroxylation is 1. The van der Waals surface area contributed by atoms with Crippen LogP contribution in [0.15, 0.2) is 76.2 Å². The van der Waals surface area contributed by atoms with Crippen LogP contribution in [0.4, 0.5) is 0 Å². The first-order valence-electron chi connectivity index (χ1n) is 8.41. The summed E-state index contributed by atoms with van der Waals surface area (Å²) in [5.41, 5.74) is 4.54. The average Bonchev–Trinajstić information content (AvgIpc) is 3.16. The van der Waals surface area contributed by atoms with E-state index >= 15 is 0 Å². The number of hydrazone groups is 1. The van der Waals surface area contributed by atoms with Gasteiger partial charge in [0.25, 0.3) is 0 Å². The van der Waals surface area contributed by atoms with Crippen molar-refractivity contribution in [3.8, 4) is 11.3 Å². The number of nitrogens with zero attached hydrogens (tertiary/aromatic N) is 1. The van der Waals surface area contributed by atoms with Crippen LogP contribution in [0, 0.1) is 0 Å². The van der Waals surface area contributed by atoms with E-state index in [4.69, 9.17) is 9.52 Å². The summed E-state index contributed by atoms with van der Waals surface area (Å²) < 4.78 is 5.63. The Labute approximate surface area is 156 Å². The fourth-order valence-corrected chi connectivity index (χ4v) is 2.48. The molecule has 0 fully saturated rings. The first kappa shape index (κ1) is 18.1. The van der Waals surface area contributed by atoms with Crippen molar-refractivity contribution in [1.29, 1.82) is 0 Å².